The maximum absolute atomic E-state index is 13.3. The highest BCUT2D eigenvalue weighted by molar-refractivity contribution is 5.82. The number of aromatic hydroxyl groups is 2. The number of nitrogens with zero attached hydrogens (tertiary/aromatic N) is 4. The molecule has 0 aliphatic heterocycles. The number of hydrogen-bond acceptors (Lipinski definition) is 6. The molecule has 0 aliphatic carbocycles. The molecule has 0 saturated heterocycles. The fourth-order valence-corrected chi connectivity index (χ4v) is 6.48. The summed E-state index contributed by atoms with van der Waals surface area (Å²) in [5, 5.41) is 21.7. The van der Waals surface area contributed by atoms with Crippen LogP contribution in [0, 0.1) is 13.8 Å². The fourth-order valence-electron chi connectivity index (χ4n) is 6.48. The normalized spacial score (nSPS) is 11.3. The number of fused-ring (bicyclic) bond motifs is 2. The summed E-state index contributed by atoms with van der Waals surface area (Å²) in [7, 11) is 0. The van der Waals surface area contributed by atoms with Gasteiger partial charge >= 0.3 is 0 Å². The second-order valence-electron chi connectivity index (χ2n) is 13.3. The second-order valence-corrected chi connectivity index (χ2v) is 13.3. The summed E-state index contributed by atoms with van der Waals surface area (Å²) in [4.78, 5) is 35.8. The van der Waals surface area contributed by atoms with Crippen LogP contribution >= 0.6 is 0 Å². The lowest BCUT2D eigenvalue weighted by atomic mass is 10.1. The van der Waals surface area contributed by atoms with Crippen LogP contribution in [0.25, 0.3) is 57.5 Å². The number of benzene rings is 6. The lowest BCUT2D eigenvalue weighted by Gasteiger charge is -2.12. The van der Waals surface area contributed by atoms with Crippen LogP contribution in [0.5, 0.6) is 11.5 Å². The minimum absolute atomic E-state index is 0.114. The molecule has 0 aliphatic rings. The highest BCUT2D eigenvalue weighted by Gasteiger charge is 2.13. The zero-order chi connectivity index (χ0) is 39.2. The van der Waals surface area contributed by atoms with Crippen LogP contribution in [0.3, 0.4) is 0 Å². The maximum Gasteiger partial charge on any atom is 0.266 e. The summed E-state index contributed by atoms with van der Waals surface area (Å²) in [6, 6.07) is 43.1. The maximum atomic E-state index is 13.3. The number of aromatic nitrogens is 4. The van der Waals surface area contributed by atoms with Gasteiger partial charge in [0.05, 0.1) is 33.2 Å². The molecule has 2 heterocycles. The highest BCUT2D eigenvalue weighted by Crippen LogP contribution is 2.25. The first kappa shape index (κ1) is 37.0. The van der Waals surface area contributed by atoms with Crippen molar-refractivity contribution >= 4 is 46.1 Å². The molecule has 0 radical (unpaired) electrons. The zero-order valence-electron chi connectivity index (χ0n) is 31.3. The molecule has 0 fully saturated rings. The third-order valence-electron chi connectivity index (χ3n) is 9.56. The minimum Gasteiger partial charge on any atom is -0.507 e. The van der Waals surface area contributed by atoms with Gasteiger partial charge in [0.15, 0.2) is 0 Å². The number of aryl methyl sites for hydroxylation is 3. The monoisotopic (exact) mass is 736 g/mol. The number of hydrogen-bond donors (Lipinski definition) is 2. The predicted octanol–water partition coefficient (Wildman–Crippen LogP) is 9.70. The number of rotatable bonds is 7. The molecular weight excluding hydrogens is 697 g/mol. The minimum atomic E-state index is -0.125. The molecule has 8 heteroatoms. The standard InChI is InChI=1S/C25H22N2O2.C23H18N2O2/c1-3-18-9-7-11-20(16-18)27-23(15-14-19-10-6-8-17(2)24(19)28)26-22-13-5-4-12-21(22)25(27)29;1-16-8-7-9-17(22(16)26)14-15-21-24-20-13-6-5-12-19(20)23(27)25(21)18-10-3-2-4-11-18/h4-16,28H,3H2,1-2H3;2-15,26H,1H3/b2*15-14+. The van der Waals surface area contributed by atoms with Gasteiger partial charge in [-0.25, -0.2) is 9.97 Å². The highest BCUT2D eigenvalue weighted by atomic mass is 16.3. The van der Waals surface area contributed by atoms with Gasteiger partial charge in [0.2, 0.25) is 0 Å². The van der Waals surface area contributed by atoms with Crippen LogP contribution in [0.1, 0.15) is 46.4 Å². The Morgan fingerprint density at radius 1 is 0.518 bits per heavy atom. The van der Waals surface area contributed by atoms with Crippen LogP contribution < -0.4 is 11.1 Å². The van der Waals surface area contributed by atoms with Gasteiger partial charge in [0.25, 0.3) is 11.1 Å². The molecule has 0 bridgehead atoms. The Hall–Kier alpha value is -7.32. The molecule has 8 rings (SSSR count). The molecule has 2 N–H and O–H groups in total. The van der Waals surface area contributed by atoms with Crippen molar-refractivity contribution in [2.24, 2.45) is 0 Å². The van der Waals surface area contributed by atoms with Gasteiger partial charge < -0.3 is 10.2 Å². The van der Waals surface area contributed by atoms with Gasteiger partial charge in [0, 0.05) is 11.1 Å². The van der Waals surface area contributed by atoms with Gasteiger partial charge in [0.1, 0.15) is 23.1 Å². The lowest BCUT2D eigenvalue weighted by molar-refractivity contribution is 0.469. The van der Waals surface area contributed by atoms with Gasteiger partial charge in [-0.05, 0) is 110 Å². The predicted molar refractivity (Wildman–Crippen MR) is 228 cm³/mol. The molecule has 6 aromatic carbocycles. The van der Waals surface area contributed by atoms with E-state index in [1.54, 1.807) is 45.6 Å². The molecule has 0 atom stereocenters. The van der Waals surface area contributed by atoms with Crippen molar-refractivity contribution in [1.82, 2.24) is 19.1 Å². The van der Waals surface area contributed by atoms with E-state index in [4.69, 9.17) is 4.98 Å². The van der Waals surface area contributed by atoms with Gasteiger partial charge in [-0.3, -0.25) is 18.7 Å². The molecule has 0 unspecified atom stereocenters. The molecule has 276 valence electrons. The van der Waals surface area contributed by atoms with Crippen LogP contribution in [0.2, 0.25) is 0 Å². The molecule has 0 spiro atoms. The molecular formula is C48H40N4O4. The van der Waals surface area contributed by atoms with Crippen LogP contribution in [0.4, 0.5) is 0 Å². The van der Waals surface area contributed by atoms with Gasteiger partial charge in [-0.2, -0.15) is 0 Å². The Morgan fingerprint density at radius 3 is 1.48 bits per heavy atom. The van der Waals surface area contributed by atoms with E-state index in [0.717, 1.165) is 34.5 Å². The van der Waals surface area contributed by atoms with Gasteiger partial charge in [-0.15, -0.1) is 0 Å². The van der Waals surface area contributed by atoms with E-state index >= 15 is 0 Å². The van der Waals surface area contributed by atoms with Crippen molar-refractivity contribution in [3.8, 4) is 22.9 Å². The summed E-state index contributed by atoms with van der Waals surface area (Å²) >= 11 is 0. The van der Waals surface area contributed by atoms with E-state index < -0.39 is 0 Å². The molecule has 0 saturated carbocycles. The summed E-state index contributed by atoms with van der Waals surface area (Å²) in [5.74, 6) is 1.48. The Labute approximate surface area is 324 Å². The van der Waals surface area contributed by atoms with Crippen molar-refractivity contribution in [3.05, 3.63) is 200 Å². The second kappa shape index (κ2) is 16.4. The zero-order valence-corrected chi connectivity index (χ0v) is 31.3. The van der Waals surface area contributed by atoms with Crippen molar-refractivity contribution in [1.29, 1.82) is 0 Å². The Kier molecular flexibility index (Phi) is 10.8. The molecule has 8 nitrogen and oxygen atoms in total. The Bertz CT molecular complexity index is 2890. The van der Waals surface area contributed by atoms with E-state index in [1.807, 2.05) is 141 Å². The Morgan fingerprint density at radius 2 is 0.964 bits per heavy atom. The van der Waals surface area contributed by atoms with Crippen LogP contribution in [0.15, 0.2) is 149 Å². The summed E-state index contributed by atoms with van der Waals surface area (Å²) in [6.07, 6.45) is 7.99. The number of para-hydroxylation sites is 5. The third-order valence-corrected chi connectivity index (χ3v) is 9.56. The van der Waals surface area contributed by atoms with E-state index in [2.05, 4.69) is 11.9 Å². The summed E-state index contributed by atoms with van der Waals surface area (Å²) < 4.78 is 3.22. The third kappa shape index (κ3) is 7.67. The topological polar surface area (TPSA) is 110 Å². The average Bonchev–Trinajstić information content (AvgIpc) is 3.22. The van der Waals surface area contributed by atoms with E-state index in [-0.39, 0.29) is 22.6 Å². The molecule has 8 aromatic rings. The van der Waals surface area contributed by atoms with E-state index in [1.165, 1.54) is 0 Å². The first-order valence-corrected chi connectivity index (χ1v) is 18.3. The summed E-state index contributed by atoms with van der Waals surface area (Å²) in [5.41, 5.74) is 6.67. The van der Waals surface area contributed by atoms with Crippen LogP contribution in [-0.2, 0) is 6.42 Å². The molecule has 56 heavy (non-hydrogen) atoms. The smallest absolute Gasteiger partial charge is 0.266 e. The van der Waals surface area contributed by atoms with E-state index in [0.29, 0.717) is 44.6 Å². The largest absolute Gasteiger partial charge is 0.507 e. The average molecular weight is 737 g/mol. The van der Waals surface area contributed by atoms with Crippen molar-refractivity contribution in [3.63, 3.8) is 0 Å². The van der Waals surface area contributed by atoms with Crippen molar-refractivity contribution in [2.45, 2.75) is 27.2 Å². The SMILES string of the molecule is CCc1cccc(-n2c(/C=C/c3cccc(C)c3O)nc3ccccc3c2=O)c1.Cc1cccc(/C=C/c2nc3ccccc3c(=O)n2-c2ccccc2)c1O. The summed E-state index contributed by atoms with van der Waals surface area (Å²) in [6.45, 7) is 5.79. The van der Waals surface area contributed by atoms with E-state index in [9.17, 15) is 19.8 Å². The number of phenolic OH excluding ortho intramolecular Hbond substituents is 2. The quantitative estimate of drug-likeness (QED) is 0.169. The van der Waals surface area contributed by atoms with Crippen molar-refractivity contribution < 1.29 is 10.2 Å². The molecule has 0 amide bonds. The van der Waals surface area contributed by atoms with Crippen LogP contribution in [-0.4, -0.2) is 29.3 Å². The first-order valence-electron chi connectivity index (χ1n) is 18.3. The van der Waals surface area contributed by atoms with Crippen molar-refractivity contribution in [2.75, 3.05) is 0 Å². The first-order chi connectivity index (χ1) is 27.2. The molecule has 2 aromatic heterocycles. The number of phenols is 2. The fraction of sp³-hybridized carbons (Fsp3) is 0.0833. The lowest BCUT2D eigenvalue weighted by Crippen LogP contribution is -2.22. The Balaban J connectivity index is 0.000000172. The van der Waals surface area contributed by atoms with Gasteiger partial charge in [-0.1, -0.05) is 97.9 Å².